The smallest absolute Gasteiger partial charge is 0.262 e. The number of aryl methyl sites for hydroxylation is 1. The first-order valence-electron chi connectivity index (χ1n) is 8.52. The highest BCUT2D eigenvalue weighted by molar-refractivity contribution is 5.92. The van der Waals surface area contributed by atoms with Crippen LogP contribution in [0, 0.1) is 6.92 Å². The van der Waals surface area contributed by atoms with Gasteiger partial charge < -0.3 is 10.1 Å². The van der Waals surface area contributed by atoms with Gasteiger partial charge in [0.05, 0.1) is 11.5 Å². The number of hydrogen-bond donors (Lipinski definition) is 2. The van der Waals surface area contributed by atoms with Gasteiger partial charge in [0.1, 0.15) is 0 Å². The van der Waals surface area contributed by atoms with Crippen LogP contribution in [0.25, 0.3) is 22.2 Å². The van der Waals surface area contributed by atoms with Crippen LogP contribution < -0.4 is 10.9 Å². The summed E-state index contributed by atoms with van der Waals surface area (Å²) in [6, 6.07) is 9.92. The molecule has 3 heterocycles. The number of aromatic amines is 1. The Morgan fingerprint density at radius 1 is 1.28 bits per heavy atom. The minimum absolute atomic E-state index is 0.174. The van der Waals surface area contributed by atoms with Crippen LogP contribution >= 0.6 is 0 Å². The number of aromatic nitrogens is 3. The summed E-state index contributed by atoms with van der Waals surface area (Å²) in [6.07, 6.45) is 3.97. The lowest BCUT2D eigenvalue weighted by molar-refractivity contribution is 0.120. The van der Waals surface area contributed by atoms with Crippen molar-refractivity contribution in [3.05, 3.63) is 52.4 Å². The number of nitrogens with one attached hydrogen (secondary N) is 2. The van der Waals surface area contributed by atoms with E-state index >= 15 is 0 Å². The second kappa shape index (κ2) is 6.64. The van der Waals surface area contributed by atoms with Crippen molar-refractivity contribution in [3.8, 4) is 11.1 Å². The average molecular weight is 336 g/mol. The van der Waals surface area contributed by atoms with E-state index < -0.39 is 0 Å². The Kier molecular flexibility index (Phi) is 4.19. The Morgan fingerprint density at radius 2 is 2.12 bits per heavy atom. The molecule has 1 unspecified atom stereocenters. The van der Waals surface area contributed by atoms with Gasteiger partial charge in [0, 0.05) is 19.3 Å². The van der Waals surface area contributed by atoms with Crippen LogP contribution in [0.5, 0.6) is 0 Å². The van der Waals surface area contributed by atoms with Crippen molar-refractivity contribution in [2.75, 3.05) is 18.5 Å². The van der Waals surface area contributed by atoms with E-state index in [1.54, 1.807) is 6.20 Å². The lowest BCUT2D eigenvalue weighted by Gasteiger charge is -2.12. The number of H-pyrrole nitrogens is 1. The Bertz CT molecular complexity index is 944. The van der Waals surface area contributed by atoms with Gasteiger partial charge in [-0.3, -0.25) is 9.78 Å². The SMILES string of the molecule is Cc1ccc(-c2ccnc3nc(NCC4CCCO4)[nH]c(=O)c23)cc1. The van der Waals surface area contributed by atoms with Crippen LogP contribution in [0.4, 0.5) is 5.95 Å². The summed E-state index contributed by atoms with van der Waals surface area (Å²) in [5.74, 6) is 0.432. The van der Waals surface area contributed by atoms with Gasteiger partial charge in [0.15, 0.2) is 5.65 Å². The third kappa shape index (κ3) is 3.25. The Balaban J connectivity index is 1.70. The van der Waals surface area contributed by atoms with E-state index in [-0.39, 0.29) is 11.7 Å². The first-order chi connectivity index (χ1) is 12.2. The number of hydrogen-bond acceptors (Lipinski definition) is 5. The van der Waals surface area contributed by atoms with Crippen molar-refractivity contribution in [1.29, 1.82) is 0 Å². The van der Waals surface area contributed by atoms with E-state index in [0.717, 1.165) is 30.6 Å². The zero-order chi connectivity index (χ0) is 17.2. The maximum absolute atomic E-state index is 12.6. The van der Waals surface area contributed by atoms with Crippen LogP contribution in [0.15, 0.2) is 41.3 Å². The fraction of sp³-hybridized carbons (Fsp3) is 0.316. The molecule has 6 nitrogen and oxygen atoms in total. The van der Waals surface area contributed by atoms with Crippen LogP contribution in [-0.4, -0.2) is 34.2 Å². The van der Waals surface area contributed by atoms with E-state index in [9.17, 15) is 4.79 Å². The summed E-state index contributed by atoms with van der Waals surface area (Å²) in [6.45, 7) is 3.47. The van der Waals surface area contributed by atoms with Gasteiger partial charge in [-0.05, 0) is 37.0 Å². The molecule has 1 aliphatic heterocycles. The van der Waals surface area contributed by atoms with Crippen LogP contribution in [0.2, 0.25) is 0 Å². The second-order valence-corrected chi connectivity index (χ2v) is 6.35. The van der Waals surface area contributed by atoms with Crippen molar-refractivity contribution in [2.24, 2.45) is 0 Å². The molecule has 1 aromatic carbocycles. The highest BCUT2D eigenvalue weighted by atomic mass is 16.5. The quantitative estimate of drug-likeness (QED) is 0.766. The van der Waals surface area contributed by atoms with Gasteiger partial charge in [-0.2, -0.15) is 4.98 Å². The molecule has 2 aromatic heterocycles. The summed E-state index contributed by atoms with van der Waals surface area (Å²) in [5, 5.41) is 3.66. The molecule has 3 aromatic rings. The lowest BCUT2D eigenvalue weighted by atomic mass is 10.0. The highest BCUT2D eigenvalue weighted by Gasteiger charge is 2.16. The number of fused-ring (bicyclic) bond motifs is 1. The Hall–Kier alpha value is -2.73. The molecule has 1 fully saturated rings. The molecule has 1 atom stereocenters. The summed E-state index contributed by atoms with van der Waals surface area (Å²) >= 11 is 0. The van der Waals surface area contributed by atoms with E-state index in [2.05, 4.69) is 20.3 Å². The summed E-state index contributed by atoms with van der Waals surface area (Å²) in [5.41, 5.74) is 3.24. The summed E-state index contributed by atoms with van der Waals surface area (Å²) < 4.78 is 5.58. The van der Waals surface area contributed by atoms with Gasteiger partial charge in [0.2, 0.25) is 5.95 Å². The van der Waals surface area contributed by atoms with Crippen molar-refractivity contribution >= 4 is 17.0 Å². The van der Waals surface area contributed by atoms with Gasteiger partial charge >= 0.3 is 0 Å². The summed E-state index contributed by atoms with van der Waals surface area (Å²) in [4.78, 5) is 24.2. The lowest BCUT2D eigenvalue weighted by Crippen LogP contribution is -2.22. The molecule has 2 N–H and O–H groups in total. The van der Waals surface area contributed by atoms with Gasteiger partial charge in [0.25, 0.3) is 5.56 Å². The normalized spacial score (nSPS) is 17.1. The number of pyridine rings is 1. The molecular formula is C19H20N4O2. The van der Waals surface area contributed by atoms with Crippen LogP contribution in [0.1, 0.15) is 18.4 Å². The third-order valence-electron chi connectivity index (χ3n) is 4.49. The number of rotatable bonds is 4. The molecular weight excluding hydrogens is 316 g/mol. The molecule has 0 aliphatic carbocycles. The van der Waals surface area contributed by atoms with Gasteiger partial charge in [-0.25, -0.2) is 4.98 Å². The highest BCUT2D eigenvalue weighted by Crippen LogP contribution is 2.25. The fourth-order valence-corrected chi connectivity index (χ4v) is 3.14. The molecule has 6 heteroatoms. The van der Waals surface area contributed by atoms with Crippen molar-refractivity contribution in [1.82, 2.24) is 15.0 Å². The zero-order valence-electron chi connectivity index (χ0n) is 14.1. The van der Waals surface area contributed by atoms with Crippen molar-refractivity contribution < 1.29 is 4.74 Å². The number of benzene rings is 1. The number of ether oxygens (including phenoxy) is 1. The molecule has 0 bridgehead atoms. The monoisotopic (exact) mass is 336 g/mol. The minimum Gasteiger partial charge on any atom is -0.376 e. The largest absolute Gasteiger partial charge is 0.376 e. The van der Waals surface area contributed by atoms with Crippen molar-refractivity contribution in [3.63, 3.8) is 0 Å². The van der Waals surface area contributed by atoms with E-state index in [1.165, 1.54) is 5.56 Å². The van der Waals surface area contributed by atoms with E-state index in [0.29, 0.717) is 23.5 Å². The molecule has 0 radical (unpaired) electrons. The maximum atomic E-state index is 12.6. The minimum atomic E-state index is -0.191. The van der Waals surface area contributed by atoms with E-state index in [1.807, 2.05) is 37.3 Å². The fourth-order valence-electron chi connectivity index (χ4n) is 3.14. The number of nitrogens with zero attached hydrogens (tertiary/aromatic N) is 2. The van der Waals surface area contributed by atoms with Gasteiger partial charge in [-0.1, -0.05) is 29.8 Å². The average Bonchev–Trinajstić information content (AvgIpc) is 3.14. The molecule has 0 saturated carbocycles. The maximum Gasteiger partial charge on any atom is 0.262 e. The van der Waals surface area contributed by atoms with Crippen LogP contribution in [0.3, 0.4) is 0 Å². The Labute approximate surface area is 145 Å². The second-order valence-electron chi connectivity index (χ2n) is 6.35. The molecule has 128 valence electrons. The molecule has 0 spiro atoms. The number of anilines is 1. The van der Waals surface area contributed by atoms with Crippen molar-refractivity contribution in [2.45, 2.75) is 25.9 Å². The predicted molar refractivity (Wildman–Crippen MR) is 97.8 cm³/mol. The topological polar surface area (TPSA) is 79.9 Å². The first kappa shape index (κ1) is 15.8. The molecule has 1 aliphatic rings. The molecule has 25 heavy (non-hydrogen) atoms. The standard InChI is InChI=1S/C19H20N4O2/c1-12-4-6-13(7-5-12)15-8-9-20-17-16(15)18(24)23-19(22-17)21-11-14-3-2-10-25-14/h4-9,14H,2-3,10-11H2,1H3,(H2,20,21,22,23,24). The molecule has 0 amide bonds. The molecule has 4 rings (SSSR count). The van der Waals surface area contributed by atoms with Gasteiger partial charge in [-0.15, -0.1) is 0 Å². The molecule has 1 saturated heterocycles. The Morgan fingerprint density at radius 3 is 2.88 bits per heavy atom. The summed E-state index contributed by atoms with van der Waals surface area (Å²) in [7, 11) is 0. The first-order valence-corrected chi connectivity index (χ1v) is 8.52. The zero-order valence-corrected chi connectivity index (χ0v) is 14.1. The predicted octanol–water partition coefficient (Wildman–Crippen LogP) is 2.88. The van der Waals surface area contributed by atoms with E-state index in [4.69, 9.17) is 4.74 Å². The van der Waals surface area contributed by atoms with Crippen LogP contribution in [-0.2, 0) is 4.74 Å². The third-order valence-corrected chi connectivity index (χ3v) is 4.49.